The van der Waals surface area contributed by atoms with Crippen molar-refractivity contribution >= 4 is 61.3 Å². The summed E-state index contributed by atoms with van der Waals surface area (Å²) >= 11 is 4.10. The lowest BCUT2D eigenvalue weighted by Gasteiger charge is -2.54. The van der Waals surface area contributed by atoms with Gasteiger partial charge in [0.1, 0.15) is 0 Å². The number of rotatable bonds is 4. The number of halogens is 2. The molecule has 33 heavy (non-hydrogen) atoms. The lowest BCUT2D eigenvalue weighted by atomic mass is 9.50. The Hall–Kier alpha value is -0.920. The molecule has 2 aromatic carbocycles. The van der Waals surface area contributed by atoms with Crippen LogP contribution >= 0.6 is 45.2 Å². The van der Waals surface area contributed by atoms with Gasteiger partial charge in [-0.05, 0) is 144 Å². The molecule has 4 saturated carbocycles. The number of benzene rings is 2. The van der Waals surface area contributed by atoms with E-state index in [-0.39, 0.29) is 27.9 Å². The Morgan fingerprint density at radius 1 is 1.00 bits per heavy atom. The minimum absolute atomic E-state index is 0.0104. The highest BCUT2D eigenvalue weighted by molar-refractivity contribution is 14.1. The number of phenols is 1. The van der Waals surface area contributed by atoms with Crippen LogP contribution in [0, 0.1) is 37.7 Å². The fourth-order valence-electron chi connectivity index (χ4n) is 6.56. The number of aromatic hydroxyl groups is 1. The molecule has 0 aliphatic heterocycles. The van der Waals surface area contributed by atoms with Gasteiger partial charge in [0.15, 0.2) is 11.5 Å². The summed E-state index contributed by atoms with van der Waals surface area (Å²) in [7, 11) is -4.44. The van der Waals surface area contributed by atoms with Crippen LogP contribution in [0.2, 0.25) is 0 Å². The van der Waals surface area contributed by atoms with E-state index in [4.69, 9.17) is 4.74 Å². The summed E-state index contributed by atoms with van der Waals surface area (Å²) in [6, 6.07) is 6.08. The molecule has 0 amide bonds. The molecule has 4 aliphatic carbocycles. The third-order valence-electron chi connectivity index (χ3n) is 7.70. The Labute approximate surface area is 220 Å². The molecule has 4 fully saturated rings. The van der Waals surface area contributed by atoms with E-state index in [0.29, 0.717) is 38.4 Å². The van der Waals surface area contributed by atoms with E-state index in [1.807, 2.05) is 22.6 Å². The van der Waals surface area contributed by atoms with E-state index in [2.05, 4.69) is 22.6 Å². The Morgan fingerprint density at radius 2 is 1.61 bits per heavy atom. The van der Waals surface area contributed by atoms with Gasteiger partial charge in [0, 0.05) is 9.13 Å². The number of phenolic OH excluding ortho intramolecular Hbond substituents is 1. The Bertz CT molecular complexity index is 1200. The number of carbonyl (C=O) groups is 1. The second-order valence-electron chi connectivity index (χ2n) is 9.72. The third-order valence-corrected chi connectivity index (χ3v) is 10.6. The highest BCUT2D eigenvalue weighted by Crippen LogP contribution is 2.60. The number of hydrogen-bond donors (Lipinski definition) is 2. The normalized spacial score (nSPS) is 28.2. The highest BCUT2D eigenvalue weighted by Gasteiger charge is 2.49. The molecule has 4 aliphatic rings. The summed E-state index contributed by atoms with van der Waals surface area (Å²) < 4.78 is 41.4. The summed E-state index contributed by atoms with van der Waals surface area (Å²) in [6.07, 6.45) is 5.57. The van der Waals surface area contributed by atoms with Gasteiger partial charge in [-0.15, -0.1) is 0 Å². The van der Waals surface area contributed by atoms with Crippen LogP contribution < -0.4 is 4.74 Å². The van der Waals surface area contributed by atoms with Crippen LogP contribution in [-0.4, -0.2) is 24.0 Å². The molecule has 0 spiro atoms. The minimum atomic E-state index is -4.44. The molecule has 4 bridgehead atoms. The summed E-state index contributed by atoms with van der Waals surface area (Å²) in [5.41, 5.74) is 1.38. The smallest absolute Gasteiger partial charge is 0.343 e. The summed E-state index contributed by atoms with van der Waals surface area (Å²) in [5, 5.41) is 10.4. The van der Waals surface area contributed by atoms with E-state index >= 15 is 0 Å². The largest absolute Gasteiger partial charge is 0.503 e. The Balaban J connectivity index is 1.54. The van der Waals surface area contributed by atoms with E-state index in [9.17, 15) is 22.9 Å². The van der Waals surface area contributed by atoms with Crippen LogP contribution in [0.3, 0.4) is 0 Å². The molecule has 0 atom stereocenters. The number of esters is 1. The first-order chi connectivity index (χ1) is 15.5. The van der Waals surface area contributed by atoms with Crippen molar-refractivity contribution in [2.45, 2.75) is 49.8 Å². The second-order valence-corrected chi connectivity index (χ2v) is 13.4. The maximum absolute atomic E-state index is 13.1. The van der Waals surface area contributed by atoms with E-state index in [1.54, 1.807) is 19.1 Å². The fraction of sp³-hybridized carbons (Fsp3) is 0.458. The standard InChI is InChI=1S/C24H24I2O6S/c1-11-18(25)10-19(26)22(27)23(11)32-24(28)14-2-3-20(33(29,30)31)17(9-14)21-15-5-12-4-13(7-15)8-16(21)6-12/h2-3,9-10,12-13,15-16,21,27H,4-8H2,1H3,(H,29,30,31). The van der Waals surface area contributed by atoms with Gasteiger partial charge in [-0.1, -0.05) is 0 Å². The average molecular weight is 694 g/mol. The number of ether oxygens (including phenoxy) is 1. The molecular weight excluding hydrogens is 670 g/mol. The number of hydrogen-bond acceptors (Lipinski definition) is 5. The molecule has 0 aromatic heterocycles. The molecule has 2 N–H and O–H groups in total. The Morgan fingerprint density at radius 3 is 2.18 bits per heavy atom. The lowest BCUT2D eigenvalue weighted by Crippen LogP contribution is -2.44. The Kier molecular flexibility index (Phi) is 6.23. The fourth-order valence-corrected chi connectivity index (χ4v) is 9.00. The van der Waals surface area contributed by atoms with Crippen molar-refractivity contribution in [1.82, 2.24) is 0 Å². The van der Waals surface area contributed by atoms with Gasteiger partial charge >= 0.3 is 5.97 Å². The maximum Gasteiger partial charge on any atom is 0.343 e. The van der Waals surface area contributed by atoms with Crippen molar-refractivity contribution in [2.75, 3.05) is 0 Å². The third kappa shape index (κ3) is 4.31. The quantitative estimate of drug-likeness (QED) is 0.179. The zero-order valence-corrected chi connectivity index (χ0v) is 23.1. The minimum Gasteiger partial charge on any atom is -0.503 e. The molecule has 2 aromatic rings. The first kappa shape index (κ1) is 23.8. The highest BCUT2D eigenvalue weighted by atomic mass is 127. The predicted molar refractivity (Wildman–Crippen MR) is 139 cm³/mol. The zero-order chi connectivity index (χ0) is 23.7. The molecule has 176 valence electrons. The van der Waals surface area contributed by atoms with Gasteiger partial charge < -0.3 is 9.84 Å². The molecule has 6 rings (SSSR count). The average Bonchev–Trinajstić information content (AvgIpc) is 2.73. The van der Waals surface area contributed by atoms with Crippen molar-refractivity contribution in [2.24, 2.45) is 23.7 Å². The molecular formula is C24H24I2O6S. The van der Waals surface area contributed by atoms with Gasteiger partial charge in [0.05, 0.1) is 14.0 Å². The van der Waals surface area contributed by atoms with Crippen molar-refractivity contribution in [3.8, 4) is 11.5 Å². The van der Waals surface area contributed by atoms with Crippen LogP contribution in [0.15, 0.2) is 29.2 Å². The topological polar surface area (TPSA) is 101 Å². The van der Waals surface area contributed by atoms with Crippen LogP contribution in [0.1, 0.15) is 59.5 Å². The maximum atomic E-state index is 13.1. The van der Waals surface area contributed by atoms with E-state index in [0.717, 1.165) is 29.3 Å². The molecule has 0 heterocycles. The van der Waals surface area contributed by atoms with Crippen molar-refractivity contribution in [3.63, 3.8) is 0 Å². The van der Waals surface area contributed by atoms with Gasteiger partial charge in [-0.2, -0.15) is 8.42 Å². The summed E-state index contributed by atoms with van der Waals surface area (Å²) in [4.78, 5) is 13.0. The van der Waals surface area contributed by atoms with Gasteiger partial charge in [0.25, 0.3) is 10.1 Å². The monoisotopic (exact) mass is 694 g/mol. The molecule has 9 heteroatoms. The van der Waals surface area contributed by atoms with Crippen LogP contribution in [0.4, 0.5) is 0 Å². The lowest BCUT2D eigenvalue weighted by molar-refractivity contribution is -0.00372. The molecule has 0 saturated heterocycles. The van der Waals surface area contributed by atoms with Crippen molar-refractivity contribution in [1.29, 1.82) is 0 Å². The molecule has 0 unspecified atom stereocenters. The molecule has 6 nitrogen and oxygen atoms in total. The predicted octanol–water partition coefficient (Wildman–Crippen LogP) is 5.92. The number of carbonyl (C=O) groups excluding carboxylic acids is 1. The first-order valence-electron chi connectivity index (χ1n) is 11.0. The van der Waals surface area contributed by atoms with E-state index in [1.165, 1.54) is 18.6 Å². The first-order valence-corrected chi connectivity index (χ1v) is 14.6. The van der Waals surface area contributed by atoms with Crippen molar-refractivity contribution in [3.05, 3.63) is 48.1 Å². The van der Waals surface area contributed by atoms with Crippen LogP contribution in [0.5, 0.6) is 11.5 Å². The summed E-state index contributed by atoms with van der Waals surface area (Å²) in [6.45, 7) is 1.77. The van der Waals surface area contributed by atoms with Gasteiger partial charge in [-0.25, -0.2) is 4.79 Å². The summed E-state index contributed by atoms with van der Waals surface area (Å²) in [5.74, 6) is 1.51. The molecule has 0 radical (unpaired) electrons. The SMILES string of the molecule is Cc1c(I)cc(I)c(O)c1OC(=O)c1ccc(S(=O)(=O)O)c(C2C3CC4CC(C3)CC2C4)c1. The van der Waals surface area contributed by atoms with E-state index < -0.39 is 16.1 Å². The van der Waals surface area contributed by atoms with Gasteiger partial charge in [0.2, 0.25) is 0 Å². The van der Waals surface area contributed by atoms with Gasteiger partial charge in [-0.3, -0.25) is 4.55 Å². The van der Waals surface area contributed by atoms with Crippen molar-refractivity contribution < 1.29 is 27.6 Å². The zero-order valence-electron chi connectivity index (χ0n) is 17.9. The van der Waals surface area contributed by atoms with Crippen LogP contribution in [-0.2, 0) is 10.1 Å². The van der Waals surface area contributed by atoms with Crippen LogP contribution in [0.25, 0.3) is 0 Å². The second kappa shape index (κ2) is 8.63.